The average molecular weight is 367 g/mol. The van der Waals surface area contributed by atoms with E-state index in [1.54, 1.807) is 12.3 Å². The van der Waals surface area contributed by atoms with Gasteiger partial charge in [-0.2, -0.15) is 5.10 Å². The average Bonchev–Trinajstić information content (AvgIpc) is 3.26. The van der Waals surface area contributed by atoms with Gasteiger partial charge in [-0.3, -0.25) is 14.3 Å². The van der Waals surface area contributed by atoms with Gasteiger partial charge in [-0.15, -0.1) is 0 Å². The monoisotopic (exact) mass is 367 g/mol. The van der Waals surface area contributed by atoms with Crippen LogP contribution in [0.15, 0.2) is 40.9 Å². The highest BCUT2D eigenvalue weighted by atomic mass is 16.4. The first kappa shape index (κ1) is 17.3. The van der Waals surface area contributed by atoms with Gasteiger partial charge in [-0.1, -0.05) is 12.1 Å². The van der Waals surface area contributed by atoms with Crippen molar-refractivity contribution < 1.29 is 19.1 Å². The maximum Gasteiger partial charge on any atom is 0.325 e. The standard InChI is InChI=1S/C20H21N3O4/c1-13-10-14-4-2-6-16(19(14)27-13)20(26)22-8-3-5-15(11-22)17-7-9-23(21-17)12-18(24)25/h2,4,6-7,9-10,15H,3,5,8,11-12H2,1H3,(H,24,25)/t15-/m1/s1. The van der Waals surface area contributed by atoms with E-state index in [9.17, 15) is 9.59 Å². The summed E-state index contributed by atoms with van der Waals surface area (Å²) in [5.41, 5.74) is 2.05. The number of hydrogen-bond acceptors (Lipinski definition) is 4. The number of carbonyl (C=O) groups is 2. The van der Waals surface area contributed by atoms with Gasteiger partial charge >= 0.3 is 5.97 Å². The van der Waals surface area contributed by atoms with Crippen molar-refractivity contribution in [3.05, 3.63) is 53.5 Å². The minimum absolute atomic E-state index is 0.0374. The first-order valence-corrected chi connectivity index (χ1v) is 9.05. The lowest BCUT2D eigenvalue weighted by molar-refractivity contribution is -0.137. The van der Waals surface area contributed by atoms with Crippen LogP contribution in [-0.2, 0) is 11.3 Å². The molecule has 0 spiro atoms. The number of fused-ring (bicyclic) bond motifs is 1. The van der Waals surface area contributed by atoms with E-state index in [4.69, 9.17) is 9.52 Å². The molecule has 1 atom stereocenters. The Hall–Kier alpha value is -3.09. The summed E-state index contributed by atoms with van der Waals surface area (Å²) in [5, 5.41) is 14.2. The Kier molecular flexibility index (Phi) is 4.43. The van der Waals surface area contributed by atoms with Gasteiger partial charge in [-0.25, -0.2) is 0 Å². The number of aryl methyl sites for hydroxylation is 1. The number of hydrogen-bond donors (Lipinski definition) is 1. The summed E-state index contributed by atoms with van der Waals surface area (Å²) in [6.45, 7) is 2.98. The van der Waals surface area contributed by atoms with Crippen LogP contribution in [-0.4, -0.2) is 44.8 Å². The molecule has 7 heteroatoms. The van der Waals surface area contributed by atoms with Crippen molar-refractivity contribution in [2.75, 3.05) is 13.1 Å². The molecule has 1 fully saturated rings. The third-order valence-electron chi connectivity index (χ3n) is 4.98. The van der Waals surface area contributed by atoms with E-state index < -0.39 is 5.97 Å². The van der Waals surface area contributed by atoms with Crippen molar-refractivity contribution in [3.63, 3.8) is 0 Å². The molecule has 27 heavy (non-hydrogen) atoms. The van der Waals surface area contributed by atoms with Gasteiger partial charge in [-0.05, 0) is 38.0 Å². The lowest BCUT2D eigenvalue weighted by Gasteiger charge is -2.32. The Bertz CT molecular complexity index is 1000. The van der Waals surface area contributed by atoms with Crippen LogP contribution < -0.4 is 0 Å². The van der Waals surface area contributed by atoms with E-state index >= 15 is 0 Å². The molecule has 1 amide bonds. The smallest absolute Gasteiger partial charge is 0.325 e. The van der Waals surface area contributed by atoms with Crippen molar-refractivity contribution >= 4 is 22.8 Å². The lowest BCUT2D eigenvalue weighted by atomic mass is 9.94. The number of piperidine rings is 1. The fraction of sp³-hybridized carbons (Fsp3) is 0.350. The van der Waals surface area contributed by atoms with Crippen LogP contribution in [0.5, 0.6) is 0 Å². The molecule has 1 aliphatic rings. The van der Waals surface area contributed by atoms with E-state index in [1.807, 2.05) is 36.1 Å². The molecule has 1 aromatic carbocycles. The van der Waals surface area contributed by atoms with Gasteiger partial charge in [0, 0.05) is 30.6 Å². The summed E-state index contributed by atoms with van der Waals surface area (Å²) >= 11 is 0. The van der Waals surface area contributed by atoms with Gasteiger partial charge in [0.05, 0.1) is 11.3 Å². The highest BCUT2D eigenvalue weighted by Crippen LogP contribution is 2.29. The largest absolute Gasteiger partial charge is 0.480 e. The van der Waals surface area contributed by atoms with Gasteiger partial charge in [0.25, 0.3) is 5.91 Å². The molecule has 0 aliphatic carbocycles. The second kappa shape index (κ2) is 6.90. The minimum atomic E-state index is -0.924. The molecule has 1 saturated heterocycles. The SMILES string of the molecule is Cc1cc2cccc(C(=O)N3CCC[C@@H](c4ccn(CC(=O)O)n4)C3)c2o1. The number of nitrogens with zero attached hydrogens (tertiary/aromatic N) is 3. The Morgan fingerprint density at radius 1 is 1.33 bits per heavy atom. The molecule has 0 bridgehead atoms. The van der Waals surface area contributed by atoms with Crippen LogP contribution in [0.1, 0.15) is 40.6 Å². The van der Waals surface area contributed by atoms with Gasteiger partial charge in [0.15, 0.2) is 0 Å². The van der Waals surface area contributed by atoms with E-state index in [0.29, 0.717) is 24.2 Å². The fourth-order valence-corrected chi connectivity index (χ4v) is 3.76. The summed E-state index contributed by atoms with van der Waals surface area (Å²) in [6, 6.07) is 9.40. The number of carboxylic acid groups (broad SMARTS) is 1. The second-order valence-corrected chi connectivity index (χ2v) is 7.00. The topological polar surface area (TPSA) is 88.6 Å². The number of likely N-dealkylation sites (tertiary alicyclic amines) is 1. The van der Waals surface area contributed by atoms with Crippen LogP contribution >= 0.6 is 0 Å². The van der Waals surface area contributed by atoms with E-state index in [1.165, 1.54) is 4.68 Å². The summed E-state index contributed by atoms with van der Waals surface area (Å²) in [4.78, 5) is 25.8. The molecule has 0 unspecified atom stereocenters. The first-order chi connectivity index (χ1) is 13.0. The van der Waals surface area contributed by atoms with Crippen molar-refractivity contribution in [2.45, 2.75) is 32.2 Å². The Balaban J connectivity index is 1.54. The van der Waals surface area contributed by atoms with Crippen molar-refractivity contribution in [2.24, 2.45) is 0 Å². The number of rotatable bonds is 4. The van der Waals surface area contributed by atoms with Crippen LogP contribution in [0.25, 0.3) is 11.0 Å². The highest BCUT2D eigenvalue weighted by molar-refractivity contribution is 6.05. The number of amides is 1. The number of carbonyl (C=O) groups excluding carboxylic acids is 1. The summed E-state index contributed by atoms with van der Waals surface area (Å²) in [5.74, 6) is -0.0717. The molecule has 3 heterocycles. The van der Waals surface area contributed by atoms with Gasteiger partial charge in [0.2, 0.25) is 0 Å². The number of benzene rings is 1. The molecular formula is C20H21N3O4. The molecule has 7 nitrogen and oxygen atoms in total. The predicted octanol–water partition coefficient (Wildman–Crippen LogP) is 3.04. The number of aromatic nitrogens is 2. The minimum Gasteiger partial charge on any atom is -0.480 e. The predicted molar refractivity (Wildman–Crippen MR) is 98.7 cm³/mol. The number of furan rings is 1. The highest BCUT2D eigenvalue weighted by Gasteiger charge is 2.28. The zero-order valence-corrected chi connectivity index (χ0v) is 15.1. The zero-order valence-electron chi connectivity index (χ0n) is 15.1. The number of aliphatic carboxylic acids is 1. The molecule has 4 rings (SSSR count). The first-order valence-electron chi connectivity index (χ1n) is 9.05. The summed E-state index contributed by atoms with van der Waals surface area (Å²) < 4.78 is 7.17. The molecule has 1 aliphatic heterocycles. The molecule has 2 aromatic heterocycles. The quantitative estimate of drug-likeness (QED) is 0.766. The Labute approximate surface area is 156 Å². The van der Waals surface area contributed by atoms with Crippen LogP contribution in [0.4, 0.5) is 0 Å². The normalized spacial score (nSPS) is 17.4. The van der Waals surface area contributed by atoms with Crippen LogP contribution in [0.2, 0.25) is 0 Å². The number of para-hydroxylation sites is 1. The molecule has 1 N–H and O–H groups in total. The van der Waals surface area contributed by atoms with Crippen molar-refractivity contribution in [1.82, 2.24) is 14.7 Å². The summed E-state index contributed by atoms with van der Waals surface area (Å²) in [6.07, 6.45) is 3.49. The van der Waals surface area contributed by atoms with Crippen molar-refractivity contribution in [1.29, 1.82) is 0 Å². The number of carboxylic acids is 1. The van der Waals surface area contributed by atoms with Crippen molar-refractivity contribution in [3.8, 4) is 0 Å². The van der Waals surface area contributed by atoms with E-state index in [2.05, 4.69) is 5.10 Å². The lowest BCUT2D eigenvalue weighted by Crippen LogP contribution is -2.39. The third-order valence-corrected chi connectivity index (χ3v) is 4.98. The van der Waals surface area contributed by atoms with Gasteiger partial charge < -0.3 is 14.4 Å². The molecule has 0 saturated carbocycles. The molecular weight excluding hydrogens is 346 g/mol. The third kappa shape index (κ3) is 3.45. The molecule has 140 valence electrons. The maximum atomic E-state index is 13.1. The van der Waals surface area contributed by atoms with E-state index in [-0.39, 0.29) is 18.4 Å². The molecule has 0 radical (unpaired) electrons. The van der Waals surface area contributed by atoms with Crippen LogP contribution in [0, 0.1) is 6.92 Å². The Morgan fingerprint density at radius 3 is 3.00 bits per heavy atom. The second-order valence-electron chi connectivity index (χ2n) is 7.00. The van der Waals surface area contributed by atoms with Crippen LogP contribution in [0.3, 0.4) is 0 Å². The van der Waals surface area contributed by atoms with E-state index in [0.717, 1.165) is 29.7 Å². The fourth-order valence-electron chi connectivity index (χ4n) is 3.76. The van der Waals surface area contributed by atoms with Gasteiger partial charge in [0.1, 0.15) is 17.9 Å². The Morgan fingerprint density at radius 2 is 2.19 bits per heavy atom. The molecule has 3 aromatic rings. The zero-order chi connectivity index (χ0) is 19.0. The maximum absolute atomic E-state index is 13.1. The summed E-state index contributed by atoms with van der Waals surface area (Å²) in [7, 11) is 0.